The minimum Gasteiger partial charge on any atom is -0.370 e. The van der Waals surface area contributed by atoms with E-state index >= 15 is 0 Å². The molecule has 0 aromatic heterocycles. The van der Waals surface area contributed by atoms with Gasteiger partial charge in [-0.05, 0) is 25.2 Å². The van der Waals surface area contributed by atoms with Gasteiger partial charge in [-0.2, -0.15) is 4.99 Å². The first-order chi connectivity index (χ1) is 16.3. The van der Waals surface area contributed by atoms with Gasteiger partial charge in [-0.15, -0.1) is 0 Å². The Bertz CT molecular complexity index is 600. The van der Waals surface area contributed by atoms with Crippen LogP contribution in [0.25, 0.3) is 0 Å². The van der Waals surface area contributed by atoms with Crippen molar-refractivity contribution in [3.05, 3.63) is 0 Å². The molecule has 0 aliphatic rings. The third-order valence-electron chi connectivity index (χ3n) is 5.12. The molecule has 0 aromatic rings. The predicted octanol–water partition coefficient (Wildman–Crippen LogP) is 2.11. The molecular weight excluding hydrogens is 430 g/mol. The van der Waals surface area contributed by atoms with Gasteiger partial charge in [-0.25, -0.2) is 5.43 Å². The Balaban J connectivity index is 3.63. The van der Waals surface area contributed by atoms with Crippen molar-refractivity contribution in [3.8, 4) is 0 Å². The number of nitrogens with two attached hydrogens (primary N) is 3. The number of nitrogens with zero attached hydrogens (tertiary/aromatic N) is 3. The molecule has 0 bridgehead atoms. The highest BCUT2D eigenvalue weighted by molar-refractivity contribution is 5.96. The van der Waals surface area contributed by atoms with Crippen molar-refractivity contribution in [2.24, 2.45) is 38.1 Å². The minimum absolute atomic E-state index is 0.160. The van der Waals surface area contributed by atoms with Crippen LogP contribution in [0.4, 0.5) is 0 Å². The quantitative estimate of drug-likeness (QED) is 0.0636. The van der Waals surface area contributed by atoms with E-state index in [0.717, 1.165) is 44.6 Å². The van der Waals surface area contributed by atoms with Crippen molar-refractivity contribution in [3.63, 3.8) is 0 Å². The summed E-state index contributed by atoms with van der Waals surface area (Å²) < 4.78 is 0. The maximum atomic E-state index is 7.91. The van der Waals surface area contributed by atoms with Crippen LogP contribution in [0, 0.1) is 11.3 Å². The zero-order valence-corrected chi connectivity index (χ0v) is 21.8. The van der Waals surface area contributed by atoms with Gasteiger partial charge in [-0.3, -0.25) is 26.1 Å². The second-order valence-corrected chi connectivity index (χ2v) is 8.88. The molecule has 0 aliphatic carbocycles. The number of hydrogen-bond donors (Lipinski definition) is 8. The molecule has 0 aromatic carbocycles. The van der Waals surface area contributed by atoms with Crippen molar-refractivity contribution >= 4 is 23.8 Å². The first-order valence-corrected chi connectivity index (χ1v) is 12.8. The Morgan fingerprint density at radius 2 is 1.32 bits per heavy atom. The molecule has 0 aliphatic heterocycles. The number of hydrazine groups is 1. The van der Waals surface area contributed by atoms with Crippen molar-refractivity contribution in [1.29, 1.82) is 5.41 Å². The highest BCUT2D eigenvalue weighted by atomic mass is 15.4. The molecule has 0 unspecified atom stereocenters. The fraction of sp³-hybridized carbons (Fsp3) is 0.826. The molecule has 0 fully saturated rings. The molecule has 0 saturated heterocycles. The number of unbranched alkanes of at least 4 members (excludes halogenated alkanes) is 9. The second kappa shape index (κ2) is 22.2. The van der Waals surface area contributed by atoms with Crippen LogP contribution in [0.1, 0.15) is 90.9 Å². The average molecular weight is 482 g/mol. The summed E-state index contributed by atoms with van der Waals surface area (Å²) >= 11 is 0. The van der Waals surface area contributed by atoms with Crippen LogP contribution >= 0.6 is 0 Å². The van der Waals surface area contributed by atoms with Crippen molar-refractivity contribution < 1.29 is 0 Å². The van der Waals surface area contributed by atoms with Gasteiger partial charge in [0.1, 0.15) is 0 Å². The van der Waals surface area contributed by atoms with E-state index in [2.05, 4.69) is 50.3 Å². The van der Waals surface area contributed by atoms with E-state index in [1.165, 1.54) is 44.9 Å². The van der Waals surface area contributed by atoms with Gasteiger partial charge in [0, 0.05) is 26.7 Å². The number of nitrogens with one attached hydrogen (secondary N) is 5. The Labute approximate surface area is 206 Å². The van der Waals surface area contributed by atoms with Crippen LogP contribution < -0.4 is 38.7 Å². The summed E-state index contributed by atoms with van der Waals surface area (Å²) in [6, 6.07) is 0. The zero-order valence-electron chi connectivity index (χ0n) is 21.8. The average Bonchev–Trinajstić information content (AvgIpc) is 2.76. The molecule has 0 saturated carbocycles. The number of aliphatic imine (C=N–C) groups is 3. The van der Waals surface area contributed by atoms with Gasteiger partial charge < -0.3 is 22.5 Å². The molecule has 0 spiro atoms. The van der Waals surface area contributed by atoms with E-state index < -0.39 is 0 Å². The summed E-state index contributed by atoms with van der Waals surface area (Å²) in [5.74, 6) is 1.65. The lowest BCUT2D eigenvalue weighted by atomic mass is 10.0. The molecule has 11 N–H and O–H groups in total. The predicted molar refractivity (Wildman–Crippen MR) is 146 cm³/mol. The molecule has 0 atom stereocenters. The van der Waals surface area contributed by atoms with Crippen molar-refractivity contribution in [2.75, 3.05) is 26.7 Å². The summed E-state index contributed by atoms with van der Waals surface area (Å²) in [6.45, 7) is 6.60. The third kappa shape index (κ3) is 22.6. The van der Waals surface area contributed by atoms with E-state index in [-0.39, 0.29) is 23.8 Å². The van der Waals surface area contributed by atoms with Gasteiger partial charge in [0.25, 0.3) is 0 Å². The summed E-state index contributed by atoms with van der Waals surface area (Å²) in [4.78, 5) is 12.3. The lowest BCUT2D eigenvalue weighted by Gasteiger charge is -2.10. The van der Waals surface area contributed by atoms with Crippen LogP contribution in [0.2, 0.25) is 0 Å². The molecule has 0 heterocycles. The summed E-state index contributed by atoms with van der Waals surface area (Å²) in [7, 11) is 1.68. The molecule has 11 nitrogen and oxygen atoms in total. The second-order valence-electron chi connectivity index (χ2n) is 8.88. The van der Waals surface area contributed by atoms with Crippen molar-refractivity contribution in [2.45, 2.75) is 90.9 Å². The largest absolute Gasteiger partial charge is 0.370 e. The third-order valence-corrected chi connectivity index (χ3v) is 5.12. The number of rotatable bonds is 18. The lowest BCUT2D eigenvalue weighted by Crippen LogP contribution is -2.44. The molecule has 34 heavy (non-hydrogen) atoms. The minimum atomic E-state index is 0.160. The fourth-order valence-electron chi connectivity index (χ4n) is 3.27. The van der Waals surface area contributed by atoms with Gasteiger partial charge >= 0.3 is 0 Å². The number of hydrogen-bond acceptors (Lipinski definition) is 4. The zero-order chi connectivity index (χ0) is 25.4. The number of guanidine groups is 4. The Kier molecular flexibility index (Phi) is 20.6. The Hall–Kier alpha value is -2.56. The van der Waals surface area contributed by atoms with E-state index in [1.807, 2.05) is 0 Å². The first kappa shape index (κ1) is 31.4. The summed E-state index contributed by atoms with van der Waals surface area (Å²) in [6.07, 6.45) is 14.1. The molecule has 0 rings (SSSR count). The van der Waals surface area contributed by atoms with Crippen molar-refractivity contribution in [1.82, 2.24) is 21.5 Å². The van der Waals surface area contributed by atoms with Crippen LogP contribution in [-0.4, -0.2) is 50.5 Å². The molecular formula is C23H51N11. The molecule has 0 radical (unpaired) electrons. The van der Waals surface area contributed by atoms with E-state index in [1.54, 1.807) is 7.05 Å². The maximum absolute atomic E-state index is 7.91. The normalized spacial score (nSPS) is 12.8. The van der Waals surface area contributed by atoms with Gasteiger partial charge in [0.05, 0.1) is 0 Å². The van der Waals surface area contributed by atoms with E-state index in [0.29, 0.717) is 13.1 Å². The highest BCUT2D eigenvalue weighted by Gasteiger charge is 1.99. The smallest absolute Gasteiger partial charge is 0.218 e. The van der Waals surface area contributed by atoms with Gasteiger partial charge in [-0.1, -0.05) is 71.6 Å². The Morgan fingerprint density at radius 1 is 0.765 bits per heavy atom. The molecule has 0 amide bonds. The lowest BCUT2D eigenvalue weighted by molar-refractivity contribution is 0.509. The van der Waals surface area contributed by atoms with E-state index in [4.69, 9.17) is 22.6 Å². The Morgan fingerprint density at radius 3 is 1.94 bits per heavy atom. The monoisotopic (exact) mass is 481 g/mol. The van der Waals surface area contributed by atoms with E-state index in [9.17, 15) is 0 Å². The molecule has 198 valence electrons. The highest BCUT2D eigenvalue weighted by Crippen LogP contribution is 2.11. The summed E-state index contributed by atoms with van der Waals surface area (Å²) in [5.41, 5.74) is 22.4. The van der Waals surface area contributed by atoms with Gasteiger partial charge in [0.2, 0.25) is 11.9 Å². The summed E-state index contributed by atoms with van der Waals surface area (Å²) in [5, 5.41) is 13.8. The van der Waals surface area contributed by atoms with Crippen LogP contribution in [0.5, 0.6) is 0 Å². The van der Waals surface area contributed by atoms with Crippen LogP contribution in [-0.2, 0) is 0 Å². The van der Waals surface area contributed by atoms with Crippen LogP contribution in [0.15, 0.2) is 15.0 Å². The maximum Gasteiger partial charge on any atom is 0.218 e. The molecule has 11 heteroatoms. The van der Waals surface area contributed by atoms with Gasteiger partial charge in [0.15, 0.2) is 11.9 Å². The SMILES string of the molecule is CNN/C(N)=N/C(N)=NCCCCCCN=C(N)NC(=N)NCCCCCCCCCC(C)C. The fourth-order valence-corrected chi connectivity index (χ4v) is 3.27. The standard InChI is InChI=1S/C23H51N11/c1-19(2)15-11-7-5-4-6-8-12-16-29-20(24)32-21(25)30-17-13-9-10-14-18-31-22(26)33-23(27)34-28-3/h19,28H,4-18H2,1-3H3,(H5,24,25,29,30,32)(H5,26,27,31,33,34). The van der Waals surface area contributed by atoms with Crippen LogP contribution in [0.3, 0.4) is 0 Å². The first-order valence-electron chi connectivity index (χ1n) is 12.8. The topological polar surface area (TPSA) is 187 Å².